The number of hydrogen-bond donors (Lipinski definition) is 0. The van der Waals surface area contributed by atoms with Crippen LogP contribution in [-0.2, 0) is 9.53 Å². The van der Waals surface area contributed by atoms with Crippen molar-refractivity contribution in [3.8, 4) is 6.07 Å². The fourth-order valence-electron chi connectivity index (χ4n) is 9.73. The topological polar surface area (TPSA) is 50.1 Å². The maximum atomic E-state index is 13.3. The van der Waals surface area contributed by atoms with E-state index in [-0.39, 0.29) is 12.1 Å². The van der Waals surface area contributed by atoms with Crippen molar-refractivity contribution in [1.29, 1.82) is 5.26 Å². The molecule has 1 saturated heterocycles. The predicted molar refractivity (Wildman–Crippen MR) is 179 cm³/mol. The zero-order chi connectivity index (χ0) is 29.3. The summed E-state index contributed by atoms with van der Waals surface area (Å²) in [5.74, 6) is 6.99. The van der Waals surface area contributed by atoms with Gasteiger partial charge in [-0.2, -0.15) is 5.26 Å². The van der Waals surface area contributed by atoms with Crippen molar-refractivity contribution in [1.82, 2.24) is 0 Å². The largest absolute Gasteiger partial charge is 0.458 e. The minimum absolute atomic E-state index is 0.00386. The molecule has 4 saturated carbocycles. The minimum Gasteiger partial charge on any atom is -0.458 e. The molecule has 1 aliphatic heterocycles. The molecule has 0 spiro atoms. The summed E-state index contributed by atoms with van der Waals surface area (Å²) < 4.78 is 6.97. The molecule has 0 radical (unpaired) electrons. The molecule has 5 fully saturated rings. The highest BCUT2D eigenvalue weighted by Gasteiger charge is 2.37. The van der Waals surface area contributed by atoms with Gasteiger partial charge in [-0.3, -0.25) is 0 Å². The molecule has 5 rings (SSSR count). The zero-order valence-corrected chi connectivity index (χ0v) is 28.5. The number of rotatable bonds is 9. The Morgan fingerprint density at radius 1 is 0.690 bits per heavy atom. The van der Waals surface area contributed by atoms with Crippen molar-refractivity contribution in [3.63, 3.8) is 0 Å². The number of ether oxygens (including phenoxy) is 1. The zero-order valence-electron chi connectivity index (χ0n) is 26.8. The average Bonchev–Trinajstić information content (AvgIpc) is 3.03. The molecule has 5 aliphatic rings. The SMILES string of the molecule is CCCC1CCC(C2CCC(OC(=O)/C(C#N)=C3/SCCC(C4CCC(C5CCC(CCC)CC5)CC4)S3)CC2)CC1. The van der Waals surface area contributed by atoms with Crippen LogP contribution in [0.25, 0.3) is 0 Å². The van der Waals surface area contributed by atoms with Gasteiger partial charge in [0.2, 0.25) is 0 Å². The lowest BCUT2D eigenvalue weighted by Crippen LogP contribution is -2.31. The Labute approximate surface area is 266 Å². The van der Waals surface area contributed by atoms with Crippen LogP contribution in [-0.4, -0.2) is 23.1 Å². The smallest absolute Gasteiger partial charge is 0.350 e. The van der Waals surface area contributed by atoms with E-state index in [1.807, 2.05) is 11.8 Å². The van der Waals surface area contributed by atoms with Crippen LogP contribution < -0.4 is 0 Å². The summed E-state index contributed by atoms with van der Waals surface area (Å²) in [7, 11) is 0. The lowest BCUT2D eigenvalue weighted by atomic mass is 9.68. The van der Waals surface area contributed by atoms with Crippen molar-refractivity contribution in [2.24, 2.45) is 41.4 Å². The molecule has 0 bridgehead atoms. The van der Waals surface area contributed by atoms with Crippen LogP contribution in [0.3, 0.4) is 0 Å². The second kappa shape index (κ2) is 16.6. The molecule has 1 atom stereocenters. The van der Waals surface area contributed by atoms with Gasteiger partial charge in [0, 0.05) is 5.25 Å². The normalized spacial score (nSPS) is 39.2. The first kappa shape index (κ1) is 32.8. The summed E-state index contributed by atoms with van der Waals surface area (Å²) in [5, 5.41) is 10.6. The number of esters is 1. The Morgan fingerprint density at radius 2 is 1.14 bits per heavy atom. The van der Waals surface area contributed by atoms with Crippen molar-refractivity contribution in [2.75, 3.05) is 5.75 Å². The van der Waals surface area contributed by atoms with Gasteiger partial charge in [-0.25, -0.2) is 4.79 Å². The first-order chi connectivity index (χ1) is 20.6. The van der Waals surface area contributed by atoms with E-state index in [1.165, 1.54) is 122 Å². The summed E-state index contributed by atoms with van der Waals surface area (Å²) in [6, 6.07) is 2.29. The van der Waals surface area contributed by atoms with E-state index in [2.05, 4.69) is 19.9 Å². The molecule has 0 aromatic heterocycles. The van der Waals surface area contributed by atoms with E-state index < -0.39 is 0 Å². The lowest BCUT2D eigenvalue weighted by Gasteiger charge is -2.40. The maximum absolute atomic E-state index is 13.3. The molecule has 1 heterocycles. The second-order valence-corrected chi connectivity index (χ2v) is 17.4. The highest BCUT2D eigenvalue weighted by atomic mass is 32.2. The second-order valence-electron chi connectivity index (χ2n) is 14.8. The highest BCUT2D eigenvalue weighted by Crippen LogP contribution is 2.50. The molecule has 0 amide bonds. The Balaban J connectivity index is 1.06. The monoisotopic (exact) mass is 613 g/mol. The number of carbonyl (C=O) groups is 1. The Morgan fingerprint density at radius 3 is 1.62 bits per heavy atom. The molecule has 236 valence electrons. The molecule has 0 N–H and O–H groups in total. The van der Waals surface area contributed by atoms with Gasteiger partial charge in [0.25, 0.3) is 0 Å². The van der Waals surface area contributed by atoms with Gasteiger partial charge in [0.05, 0.1) is 4.24 Å². The van der Waals surface area contributed by atoms with Crippen LogP contribution in [0.5, 0.6) is 0 Å². The molecular formula is C37H59NO2S2. The number of nitriles is 1. The lowest BCUT2D eigenvalue weighted by molar-refractivity contribution is -0.145. The summed E-state index contributed by atoms with van der Waals surface area (Å²) >= 11 is 3.57. The molecule has 1 unspecified atom stereocenters. The third-order valence-corrected chi connectivity index (χ3v) is 15.1. The van der Waals surface area contributed by atoms with Crippen molar-refractivity contribution < 1.29 is 9.53 Å². The molecule has 5 heteroatoms. The Bertz CT molecular complexity index is 911. The third kappa shape index (κ3) is 8.77. The fourth-order valence-corrected chi connectivity index (χ4v) is 12.8. The molecule has 42 heavy (non-hydrogen) atoms. The third-order valence-electron chi connectivity index (χ3n) is 12.3. The van der Waals surface area contributed by atoms with Crippen LogP contribution in [0, 0.1) is 52.8 Å². The Hall–Kier alpha value is -0.600. The van der Waals surface area contributed by atoms with Crippen molar-refractivity contribution >= 4 is 29.5 Å². The first-order valence-corrected chi connectivity index (χ1v) is 20.1. The number of hydrogen-bond acceptors (Lipinski definition) is 5. The van der Waals surface area contributed by atoms with Gasteiger partial charge in [0.1, 0.15) is 12.2 Å². The van der Waals surface area contributed by atoms with Gasteiger partial charge in [-0.15, -0.1) is 23.5 Å². The van der Waals surface area contributed by atoms with Gasteiger partial charge < -0.3 is 4.74 Å². The van der Waals surface area contributed by atoms with Crippen LogP contribution in [0.15, 0.2) is 9.81 Å². The van der Waals surface area contributed by atoms with Gasteiger partial charge in [-0.05, 0) is 131 Å². The Kier molecular flexibility index (Phi) is 13.0. The van der Waals surface area contributed by atoms with Gasteiger partial charge in [-0.1, -0.05) is 65.2 Å². The fraction of sp³-hybridized carbons (Fsp3) is 0.892. The van der Waals surface area contributed by atoms with Crippen LogP contribution in [0.2, 0.25) is 0 Å². The highest BCUT2D eigenvalue weighted by molar-refractivity contribution is 8.23. The van der Waals surface area contributed by atoms with Crippen LogP contribution in [0.4, 0.5) is 0 Å². The number of thioether (sulfide) groups is 2. The van der Waals surface area contributed by atoms with Gasteiger partial charge in [0.15, 0.2) is 5.57 Å². The number of carbonyl (C=O) groups excluding carboxylic acids is 1. The van der Waals surface area contributed by atoms with E-state index >= 15 is 0 Å². The van der Waals surface area contributed by atoms with E-state index in [0.717, 1.165) is 64.3 Å². The first-order valence-electron chi connectivity index (χ1n) is 18.2. The molecule has 0 aromatic carbocycles. The van der Waals surface area contributed by atoms with E-state index in [4.69, 9.17) is 4.74 Å². The summed E-state index contributed by atoms with van der Waals surface area (Å²) in [6.07, 6.45) is 28.0. The van der Waals surface area contributed by atoms with E-state index in [9.17, 15) is 10.1 Å². The van der Waals surface area contributed by atoms with Crippen molar-refractivity contribution in [2.45, 2.75) is 160 Å². The predicted octanol–water partition coefficient (Wildman–Crippen LogP) is 11.1. The number of nitrogens with zero attached hydrogens (tertiary/aromatic N) is 1. The van der Waals surface area contributed by atoms with Crippen LogP contribution >= 0.6 is 23.5 Å². The molecule has 3 nitrogen and oxygen atoms in total. The summed E-state index contributed by atoms with van der Waals surface area (Å²) in [5.41, 5.74) is 0.295. The quantitative estimate of drug-likeness (QED) is 0.147. The minimum atomic E-state index is -0.348. The average molecular weight is 614 g/mol. The van der Waals surface area contributed by atoms with Gasteiger partial charge >= 0.3 is 5.97 Å². The summed E-state index contributed by atoms with van der Waals surface area (Å²) in [4.78, 5) is 13.3. The van der Waals surface area contributed by atoms with E-state index in [0.29, 0.717) is 10.8 Å². The van der Waals surface area contributed by atoms with Crippen molar-refractivity contribution in [3.05, 3.63) is 9.81 Å². The van der Waals surface area contributed by atoms with E-state index in [1.54, 1.807) is 11.8 Å². The standard InChI is InChI=1S/C37H59NO2S2/c1-3-5-26-7-11-28(12-8-26)30-15-17-32(18-16-30)35-23-24-41-37(42-35)34(25-38)36(39)40-33-21-19-31(20-22-33)29-13-9-27(6-4-2)10-14-29/h26-33,35H,3-24H2,1-2H3/b37-34-. The summed E-state index contributed by atoms with van der Waals surface area (Å²) in [6.45, 7) is 4.65. The molecular weight excluding hydrogens is 555 g/mol. The molecule has 0 aromatic rings. The molecule has 4 aliphatic carbocycles. The maximum Gasteiger partial charge on any atom is 0.350 e. The van der Waals surface area contributed by atoms with Crippen LogP contribution in [0.1, 0.15) is 149 Å².